The Morgan fingerprint density at radius 2 is 1.97 bits per heavy atom. The van der Waals surface area contributed by atoms with E-state index >= 15 is 0 Å². The number of nitrogens with zero attached hydrogens (tertiary/aromatic N) is 3. The maximum absolute atomic E-state index is 14.6. The number of benzene rings is 2. The predicted octanol–water partition coefficient (Wildman–Crippen LogP) is 5.95. The van der Waals surface area contributed by atoms with Gasteiger partial charge in [0.15, 0.2) is 40.3 Å². The van der Waals surface area contributed by atoms with Gasteiger partial charge in [0, 0.05) is 23.9 Å². The SMILES string of the molecule is COc1c(F)cc(F)cc1-n1nc(CC2CC3CCC2C3)nc1-c1cc2cccc(OC)c2o1. The summed E-state index contributed by atoms with van der Waals surface area (Å²) in [6.45, 7) is 0. The predicted molar refractivity (Wildman–Crippen MR) is 122 cm³/mol. The molecule has 8 heteroatoms. The maximum Gasteiger partial charge on any atom is 0.199 e. The summed E-state index contributed by atoms with van der Waals surface area (Å²) in [5.74, 6) is 2.41. The van der Waals surface area contributed by atoms with Crippen LogP contribution in [0, 0.1) is 29.4 Å². The normalized spacial score (nSPS) is 21.5. The third kappa shape index (κ3) is 3.43. The van der Waals surface area contributed by atoms with Crippen molar-refractivity contribution in [3.05, 3.63) is 53.9 Å². The summed E-state index contributed by atoms with van der Waals surface area (Å²) in [4.78, 5) is 4.81. The number of hydrogen-bond acceptors (Lipinski definition) is 5. The van der Waals surface area contributed by atoms with Crippen LogP contribution < -0.4 is 9.47 Å². The first kappa shape index (κ1) is 21.1. The lowest BCUT2D eigenvalue weighted by atomic mass is 9.86. The Labute approximate surface area is 195 Å². The second-order valence-corrected chi connectivity index (χ2v) is 9.33. The van der Waals surface area contributed by atoms with Crippen LogP contribution in [0.15, 0.2) is 40.8 Å². The molecular formula is C26H25F2N3O3. The molecule has 176 valence electrons. The van der Waals surface area contributed by atoms with Crippen molar-refractivity contribution < 1.29 is 22.7 Å². The van der Waals surface area contributed by atoms with E-state index < -0.39 is 11.6 Å². The first-order chi connectivity index (χ1) is 16.5. The van der Waals surface area contributed by atoms with Crippen LogP contribution in [0.2, 0.25) is 0 Å². The molecule has 2 aliphatic carbocycles. The van der Waals surface area contributed by atoms with Gasteiger partial charge in [-0.3, -0.25) is 0 Å². The van der Waals surface area contributed by atoms with E-state index in [0.29, 0.717) is 40.6 Å². The summed E-state index contributed by atoms with van der Waals surface area (Å²) in [7, 11) is 2.92. The first-order valence-corrected chi connectivity index (χ1v) is 11.6. The summed E-state index contributed by atoms with van der Waals surface area (Å²) in [6, 6.07) is 9.42. The molecule has 0 aliphatic heterocycles. The monoisotopic (exact) mass is 465 g/mol. The van der Waals surface area contributed by atoms with Gasteiger partial charge >= 0.3 is 0 Å². The molecule has 2 bridgehead atoms. The molecule has 2 aromatic carbocycles. The lowest BCUT2D eigenvalue weighted by molar-refractivity contribution is 0.326. The van der Waals surface area contributed by atoms with E-state index in [2.05, 4.69) is 0 Å². The van der Waals surface area contributed by atoms with Gasteiger partial charge < -0.3 is 13.9 Å². The van der Waals surface area contributed by atoms with Gasteiger partial charge in [-0.25, -0.2) is 18.4 Å². The van der Waals surface area contributed by atoms with E-state index in [-0.39, 0.29) is 11.4 Å². The van der Waals surface area contributed by atoms with Gasteiger partial charge in [0.2, 0.25) is 0 Å². The van der Waals surface area contributed by atoms with Crippen molar-refractivity contribution in [3.63, 3.8) is 0 Å². The molecule has 6 nitrogen and oxygen atoms in total. The summed E-state index contributed by atoms with van der Waals surface area (Å²) in [6.07, 6.45) is 5.77. The number of rotatable bonds is 6. The zero-order valence-electron chi connectivity index (χ0n) is 19.1. The molecule has 2 fully saturated rings. The van der Waals surface area contributed by atoms with Gasteiger partial charge in [0.1, 0.15) is 11.5 Å². The van der Waals surface area contributed by atoms with Crippen LogP contribution in [0.5, 0.6) is 11.5 Å². The average molecular weight is 466 g/mol. The Hall–Kier alpha value is -3.42. The molecule has 0 amide bonds. The number of hydrogen-bond donors (Lipinski definition) is 0. The number of furan rings is 1. The van der Waals surface area contributed by atoms with Crippen molar-refractivity contribution in [1.29, 1.82) is 0 Å². The molecule has 6 rings (SSSR count). The molecule has 3 atom stereocenters. The van der Waals surface area contributed by atoms with Crippen molar-refractivity contribution in [2.45, 2.75) is 32.1 Å². The fourth-order valence-corrected chi connectivity index (χ4v) is 5.84. The van der Waals surface area contributed by atoms with Gasteiger partial charge in [-0.1, -0.05) is 18.6 Å². The highest BCUT2D eigenvalue weighted by atomic mass is 19.1. The summed E-state index contributed by atoms with van der Waals surface area (Å²) in [5.41, 5.74) is 0.704. The van der Waals surface area contributed by atoms with Crippen LogP contribution in [0.25, 0.3) is 28.2 Å². The molecule has 3 unspecified atom stereocenters. The minimum atomic E-state index is -0.806. The molecule has 2 heterocycles. The molecule has 34 heavy (non-hydrogen) atoms. The van der Waals surface area contributed by atoms with Crippen molar-refractivity contribution in [2.75, 3.05) is 14.2 Å². The van der Waals surface area contributed by atoms with E-state index in [9.17, 15) is 8.78 Å². The Morgan fingerprint density at radius 3 is 2.71 bits per heavy atom. The van der Waals surface area contributed by atoms with E-state index in [0.717, 1.165) is 23.8 Å². The zero-order valence-corrected chi connectivity index (χ0v) is 19.1. The number of ether oxygens (including phenoxy) is 2. The van der Waals surface area contributed by atoms with E-state index in [1.165, 1.54) is 43.5 Å². The van der Waals surface area contributed by atoms with Crippen molar-refractivity contribution >= 4 is 11.0 Å². The lowest BCUT2D eigenvalue weighted by Gasteiger charge is -2.19. The highest BCUT2D eigenvalue weighted by Gasteiger charge is 2.40. The highest BCUT2D eigenvalue weighted by molar-refractivity contribution is 5.86. The fourth-order valence-electron chi connectivity index (χ4n) is 5.84. The molecular weight excluding hydrogens is 440 g/mol. The maximum atomic E-state index is 14.6. The van der Waals surface area contributed by atoms with Crippen LogP contribution >= 0.6 is 0 Å². The van der Waals surface area contributed by atoms with Gasteiger partial charge in [0.05, 0.1) is 14.2 Å². The number of para-hydroxylation sites is 1. The minimum absolute atomic E-state index is 0.104. The summed E-state index contributed by atoms with van der Waals surface area (Å²) < 4.78 is 47.1. The third-order valence-electron chi connectivity index (χ3n) is 7.35. The lowest BCUT2D eigenvalue weighted by Crippen LogP contribution is -2.14. The largest absolute Gasteiger partial charge is 0.493 e. The smallest absolute Gasteiger partial charge is 0.199 e. The van der Waals surface area contributed by atoms with Crippen molar-refractivity contribution in [3.8, 4) is 28.8 Å². The highest BCUT2D eigenvalue weighted by Crippen LogP contribution is 2.49. The molecule has 2 aliphatic rings. The summed E-state index contributed by atoms with van der Waals surface area (Å²) >= 11 is 0. The Balaban J connectivity index is 1.50. The fraction of sp³-hybridized carbons (Fsp3) is 0.385. The number of methoxy groups -OCH3 is 2. The molecule has 2 saturated carbocycles. The number of fused-ring (bicyclic) bond motifs is 3. The molecule has 2 aromatic heterocycles. The van der Waals surface area contributed by atoms with Crippen LogP contribution in [0.3, 0.4) is 0 Å². The molecule has 0 saturated heterocycles. The van der Waals surface area contributed by atoms with Gasteiger partial charge in [0.25, 0.3) is 0 Å². The molecule has 0 spiro atoms. The van der Waals surface area contributed by atoms with Gasteiger partial charge in [-0.15, -0.1) is 0 Å². The first-order valence-electron chi connectivity index (χ1n) is 11.6. The molecule has 4 aromatic rings. The third-order valence-corrected chi connectivity index (χ3v) is 7.35. The zero-order chi connectivity index (χ0) is 23.4. The second kappa shape index (κ2) is 8.11. The number of aromatic nitrogens is 3. The standard InChI is InChI=1S/C26H25F2N3O3/c1-32-21-5-3-4-16-10-22(34-24(16)21)26-29-23(11-17-9-14-6-7-15(17)8-14)30-31(26)20-13-18(27)12-19(28)25(20)33-2/h3-5,10,12-15,17H,6-9,11H2,1-2H3. The van der Waals surface area contributed by atoms with E-state index in [4.69, 9.17) is 24.0 Å². The van der Waals surface area contributed by atoms with Crippen LogP contribution in [0.4, 0.5) is 8.78 Å². The Morgan fingerprint density at radius 1 is 1.09 bits per heavy atom. The number of halogens is 2. The van der Waals surface area contributed by atoms with Crippen molar-refractivity contribution in [1.82, 2.24) is 14.8 Å². The Kier molecular flexibility index (Phi) is 5.04. The Bertz CT molecular complexity index is 1380. The van der Waals surface area contributed by atoms with Gasteiger partial charge in [-0.05, 0) is 49.1 Å². The molecule has 0 N–H and O–H groups in total. The van der Waals surface area contributed by atoms with Crippen molar-refractivity contribution in [2.24, 2.45) is 17.8 Å². The summed E-state index contributed by atoms with van der Waals surface area (Å²) in [5, 5.41) is 5.54. The minimum Gasteiger partial charge on any atom is -0.493 e. The van der Waals surface area contributed by atoms with E-state index in [1.807, 2.05) is 24.3 Å². The topological polar surface area (TPSA) is 62.3 Å². The van der Waals surface area contributed by atoms with Crippen LogP contribution in [-0.4, -0.2) is 29.0 Å². The van der Waals surface area contributed by atoms with E-state index in [1.54, 1.807) is 7.11 Å². The van der Waals surface area contributed by atoms with Gasteiger partial charge in [-0.2, -0.15) is 5.10 Å². The quantitative estimate of drug-likeness (QED) is 0.352. The second-order valence-electron chi connectivity index (χ2n) is 9.33. The van der Waals surface area contributed by atoms with Crippen LogP contribution in [0.1, 0.15) is 31.5 Å². The van der Waals surface area contributed by atoms with Crippen LogP contribution in [-0.2, 0) is 6.42 Å². The average Bonchev–Trinajstić information content (AvgIpc) is 3.61. The molecule has 0 radical (unpaired) electrons.